The van der Waals surface area contributed by atoms with Crippen LogP contribution in [-0.2, 0) is 16.1 Å². The van der Waals surface area contributed by atoms with E-state index in [4.69, 9.17) is 6.92 Å². The van der Waals surface area contributed by atoms with Gasteiger partial charge < -0.3 is 0 Å². The normalized spacial score (nSPS) is 10.2. The third-order valence-corrected chi connectivity index (χ3v) is 2.16. The van der Waals surface area contributed by atoms with E-state index in [1.54, 1.807) is 30.7 Å². The Hall–Kier alpha value is -2.30. The van der Waals surface area contributed by atoms with Crippen LogP contribution in [0.4, 0.5) is 0 Å². The van der Waals surface area contributed by atoms with E-state index in [1.807, 2.05) is 6.07 Å². The summed E-state index contributed by atoms with van der Waals surface area (Å²) in [5.74, 6) is -1.99. The fourth-order valence-electron chi connectivity index (χ4n) is 1.34. The lowest BCUT2D eigenvalue weighted by Crippen LogP contribution is -2.17. The number of hydrogen-bond acceptors (Lipinski definition) is 4. The second kappa shape index (κ2) is 4.69. The summed E-state index contributed by atoms with van der Waals surface area (Å²) in [6.07, 6.45) is 4.90. The summed E-state index contributed by atoms with van der Waals surface area (Å²) in [6, 6.07) is 5.35. The summed E-state index contributed by atoms with van der Waals surface area (Å²) in [5, 5.41) is 4.12. The van der Waals surface area contributed by atoms with Crippen molar-refractivity contribution in [3.63, 3.8) is 0 Å². The Bertz CT molecular complexity index is 546. The highest BCUT2D eigenvalue weighted by atomic mass is 16.2. The predicted octanol–water partition coefficient (Wildman–Crippen LogP) is 0.671. The first-order valence-corrected chi connectivity index (χ1v) is 4.89. The van der Waals surface area contributed by atoms with Crippen LogP contribution in [-0.4, -0.2) is 26.3 Å². The van der Waals surface area contributed by atoms with Crippen molar-refractivity contribution >= 4 is 11.6 Å². The third-order valence-electron chi connectivity index (χ3n) is 2.16. The number of nitrogens with zero attached hydrogens (tertiary/aromatic N) is 3. The van der Waals surface area contributed by atoms with E-state index in [9.17, 15) is 9.59 Å². The van der Waals surface area contributed by atoms with Crippen LogP contribution in [0.5, 0.6) is 0 Å². The maximum atomic E-state index is 11.0. The van der Waals surface area contributed by atoms with Gasteiger partial charge in [0.15, 0.2) is 0 Å². The summed E-state index contributed by atoms with van der Waals surface area (Å²) in [5.41, 5.74) is 1.50. The number of hydrogen-bond donors (Lipinski definition) is 0. The number of rotatable bonds is 4. The largest absolute Gasteiger partial charge is 0.290 e. The maximum Gasteiger partial charge on any atom is 0.220 e. The van der Waals surface area contributed by atoms with Gasteiger partial charge in [0.25, 0.3) is 0 Å². The highest BCUT2D eigenvalue weighted by Crippen LogP contribution is 2.14. The van der Waals surface area contributed by atoms with Crippen molar-refractivity contribution in [2.24, 2.45) is 0 Å². The van der Waals surface area contributed by atoms with E-state index < -0.39 is 11.6 Å². The first-order chi connectivity index (χ1) is 8.16. The topological polar surface area (TPSA) is 64.8 Å². The van der Waals surface area contributed by atoms with Gasteiger partial charge in [-0.25, -0.2) is 0 Å². The Balaban J connectivity index is 2.17. The van der Waals surface area contributed by atoms with Crippen LogP contribution in [0, 0.1) is 6.92 Å². The van der Waals surface area contributed by atoms with Crippen LogP contribution in [0.2, 0.25) is 0 Å². The molecule has 0 atom stereocenters. The van der Waals surface area contributed by atoms with Crippen molar-refractivity contribution in [1.82, 2.24) is 14.8 Å². The molecule has 5 nitrogen and oxygen atoms in total. The van der Waals surface area contributed by atoms with Gasteiger partial charge in [-0.05, 0) is 18.2 Å². The van der Waals surface area contributed by atoms with Crippen LogP contribution in [0.1, 0.15) is 0 Å². The Morgan fingerprint density at radius 1 is 1.35 bits per heavy atom. The molecule has 0 aliphatic carbocycles. The van der Waals surface area contributed by atoms with Gasteiger partial charge in [-0.1, -0.05) is 0 Å². The van der Waals surface area contributed by atoms with Gasteiger partial charge in [-0.15, -0.1) is 0 Å². The number of ketones is 2. The van der Waals surface area contributed by atoms with Gasteiger partial charge in [0.2, 0.25) is 11.6 Å². The first kappa shape index (κ1) is 11.2. The van der Waals surface area contributed by atoms with E-state index in [0.29, 0.717) is 5.69 Å². The number of pyridine rings is 1. The van der Waals surface area contributed by atoms with Crippen LogP contribution in [0.15, 0.2) is 36.8 Å². The fraction of sp³-hybridized carbons (Fsp3) is 0.0833. The lowest BCUT2D eigenvalue weighted by atomic mass is 10.2. The monoisotopic (exact) mass is 226 g/mol. The second-order valence-electron chi connectivity index (χ2n) is 3.39. The second-order valence-corrected chi connectivity index (χ2v) is 3.39. The van der Waals surface area contributed by atoms with Crippen molar-refractivity contribution in [3.8, 4) is 11.3 Å². The summed E-state index contributed by atoms with van der Waals surface area (Å²) in [7, 11) is 0. The number of Topliss-reactive ketones (excluding diaryl/α,β-unsaturated/α-hetero) is 2. The zero-order valence-electron chi connectivity index (χ0n) is 8.83. The molecule has 0 aliphatic heterocycles. The van der Waals surface area contributed by atoms with E-state index >= 15 is 0 Å². The molecule has 0 aliphatic rings. The quantitative estimate of drug-likeness (QED) is 0.719. The average molecular weight is 226 g/mol. The molecule has 0 aromatic carbocycles. The van der Waals surface area contributed by atoms with E-state index in [2.05, 4.69) is 10.1 Å². The molecular formula is C12H8N3O2. The van der Waals surface area contributed by atoms with Crippen LogP contribution >= 0.6 is 0 Å². The van der Waals surface area contributed by atoms with Crippen LogP contribution in [0.3, 0.4) is 0 Å². The summed E-state index contributed by atoms with van der Waals surface area (Å²) in [6.45, 7) is 6.46. The number of carbonyl (C=O) groups is 2. The van der Waals surface area contributed by atoms with Gasteiger partial charge in [0, 0.05) is 24.2 Å². The molecule has 0 spiro atoms. The molecule has 3 radical (unpaired) electrons. The van der Waals surface area contributed by atoms with Crippen LogP contribution in [0.25, 0.3) is 11.3 Å². The van der Waals surface area contributed by atoms with Crippen molar-refractivity contribution in [1.29, 1.82) is 0 Å². The third kappa shape index (κ3) is 2.63. The lowest BCUT2D eigenvalue weighted by Gasteiger charge is -1.97. The number of carbonyl (C=O) groups excluding carboxylic acids is 2. The zero-order chi connectivity index (χ0) is 12.3. The minimum atomic E-state index is -1.21. The molecule has 0 amide bonds. The standard InChI is InChI=1S/C12H8N3O2/c1-9(16)12(17)8-15-6-4-11(14-15)10-3-2-5-13-7-10/h2-7H,8H2. The molecule has 17 heavy (non-hydrogen) atoms. The molecule has 2 heterocycles. The van der Waals surface area contributed by atoms with Crippen molar-refractivity contribution in [2.75, 3.05) is 0 Å². The molecule has 2 aromatic heterocycles. The van der Waals surface area contributed by atoms with Crippen molar-refractivity contribution in [3.05, 3.63) is 43.7 Å². The highest BCUT2D eigenvalue weighted by Gasteiger charge is 2.10. The summed E-state index contributed by atoms with van der Waals surface area (Å²) >= 11 is 0. The van der Waals surface area contributed by atoms with E-state index in [1.165, 1.54) is 4.68 Å². The van der Waals surface area contributed by atoms with Gasteiger partial charge in [-0.3, -0.25) is 19.3 Å². The molecule has 0 saturated heterocycles. The Morgan fingerprint density at radius 2 is 2.18 bits per heavy atom. The number of aromatic nitrogens is 3. The average Bonchev–Trinajstić information content (AvgIpc) is 2.78. The van der Waals surface area contributed by atoms with Crippen LogP contribution < -0.4 is 0 Å². The van der Waals surface area contributed by atoms with Gasteiger partial charge in [0.05, 0.1) is 12.6 Å². The van der Waals surface area contributed by atoms with Gasteiger partial charge in [-0.2, -0.15) is 5.10 Å². The molecule has 0 fully saturated rings. The van der Waals surface area contributed by atoms with Crippen molar-refractivity contribution in [2.45, 2.75) is 6.54 Å². The zero-order valence-corrected chi connectivity index (χ0v) is 8.83. The molecule has 2 rings (SSSR count). The van der Waals surface area contributed by atoms with Crippen molar-refractivity contribution < 1.29 is 9.59 Å². The summed E-state index contributed by atoms with van der Waals surface area (Å²) in [4.78, 5) is 25.5. The minimum Gasteiger partial charge on any atom is -0.290 e. The molecule has 2 aromatic rings. The molecular weight excluding hydrogens is 218 g/mol. The molecule has 0 unspecified atom stereocenters. The summed E-state index contributed by atoms with van der Waals surface area (Å²) < 4.78 is 1.33. The first-order valence-electron chi connectivity index (χ1n) is 4.89. The van der Waals surface area contributed by atoms with Gasteiger partial charge >= 0.3 is 0 Å². The van der Waals surface area contributed by atoms with E-state index in [0.717, 1.165) is 5.56 Å². The molecule has 83 valence electrons. The Morgan fingerprint density at radius 3 is 2.82 bits per heavy atom. The highest BCUT2D eigenvalue weighted by molar-refractivity contribution is 6.38. The Kier molecular flexibility index (Phi) is 3.09. The van der Waals surface area contributed by atoms with E-state index in [-0.39, 0.29) is 6.54 Å². The minimum absolute atomic E-state index is 0.206. The predicted molar refractivity (Wildman–Crippen MR) is 58.7 cm³/mol. The van der Waals surface area contributed by atoms with Gasteiger partial charge in [0.1, 0.15) is 6.54 Å². The molecule has 0 N–H and O–H groups in total. The maximum absolute atomic E-state index is 11.0. The lowest BCUT2D eigenvalue weighted by molar-refractivity contribution is -0.134. The molecule has 0 bridgehead atoms. The SMILES string of the molecule is [C]C(=O)C(=O)Cn1ccc(-c2cccnc2)n1. The fourth-order valence-corrected chi connectivity index (χ4v) is 1.34. The Labute approximate surface area is 98.1 Å². The molecule has 5 heteroatoms. The molecule has 0 saturated carbocycles. The smallest absolute Gasteiger partial charge is 0.220 e.